The Kier molecular flexibility index (Phi) is 1.98. The molecule has 0 radical (unpaired) electrons. The molecule has 0 N–H and O–H groups in total. The van der Waals surface area contributed by atoms with E-state index < -0.39 is 5.82 Å². The molecule has 2 aromatic rings. The Hall–Kier alpha value is -1.42. The Morgan fingerprint density at radius 2 is 2.23 bits per heavy atom. The normalized spacial score (nSPS) is 10.3. The Morgan fingerprint density at radius 3 is 2.92 bits per heavy atom. The van der Waals surface area contributed by atoms with E-state index in [4.69, 9.17) is 16.1 Å². The highest BCUT2D eigenvalue weighted by Crippen LogP contribution is 2.23. The van der Waals surface area contributed by atoms with E-state index in [1.54, 1.807) is 0 Å². The quantitative estimate of drug-likeness (QED) is 0.707. The van der Waals surface area contributed by atoms with Crippen LogP contribution in [0.3, 0.4) is 0 Å². The number of hydrogen-bond donors (Lipinski definition) is 0. The summed E-state index contributed by atoms with van der Waals surface area (Å²) in [5.74, 6) is -0.311. The molecule has 3 nitrogen and oxygen atoms in total. The van der Waals surface area contributed by atoms with E-state index in [1.807, 2.05) is 0 Å². The molecule has 5 heteroatoms. The number of benzene rings is 1. The van der Waals surface area contributed by atoms with Crippen LogP contribution < -0.4 is 0 Å². The lowest BCUT2D eigenvalue weighted by molar-refractivity contribution is 0.427. The van der Waals surface area contributed by atoms with Gasteiger partial charge in [-0.15, -0.1) is 0 Å². The second kappa shape index (κ2) is 3.14. The van der Waals surface area contributed by atoms with Crippen LogP contribution in [0.25, 0.3) is 11.5 Å². The van der Waals surface area contributed by atoms with Gasteiger partial charge in [0, 0.05) is 5.02 Å². The molecule has 0 saturated carbocycles. The Morgan fingerprint density at radius 1 is 1.38 bits per heavy atom. The third-order valence-corrected chi connectivity index (χ3v) is 1.76. The van der Waals surface area contributed by atoms with E-state index in [1.165, 1.54) is 24.5 Å². The summed E-state index contributed by atoms with van der Waals surface area (Å²) in [6.07, 6.45) is 1.20. The zero-order valence-electron chi connectivity index (χ0n) is 6.37. The predicted octanol–water partition coefficient (Wildman–Crippen LogP) is 2.53. The third-order valence-electron chi connectivity index (χ3n) is 1.52. The summed E-state index contributed by atoms with van der Waals surface area (Å²) in [6, 6.07) is 4.14. The van der Waals surface area contributed by atoms with Gasteiger partial charge < -0.3 is 4.52 Å². The topological polar surface area (TPSA) is 38.9 Å². The first-order chi connectivity index (χ1) is 6.27. The van der Waals surface area contributed by atoms with Crippen LogP contribution in [0.15, 0.2) is 29.0 Å². The SMILES string of the molecule is Fc1ccc(Cl)cc1-c1ncno1. The van der Waals surface area contributed by atoms with E-state index in [0.717, 1.165) is 0 Å². The minimum absolute atomic E-state index is 0.125. The van der Waals surface area contributed by atoms with Gasteiger partial charge in [-0.25, -0.2) is 4.39 Å². The zero-order valence-corrected chi connectivity index (χ0v) is 7.12. The van der Waals surface area contributed by atoms with E-state index in [0.29, 0.717) is 5.02 Å². The molecule has 66 valence electrons. The van der Waals surface area contributed by atoms with Gasteiger partial charge in [0.05, 0.1) is 5.56 Å². The van der Waals surface area contributed by atoms with Gasteiger partial charge in [-0.2, -0.15) is 4.98 Å². The van der Waals surface area contributed by atoms with E-state index in [-0.39, 0.29) is 11.5 Å². The summed E-state index contributed by atoms with van der Waals surface area (Å²) in [5, 5.41) is 3.80. The fourth-order valence-corrected chi connectivity index (χ4v) is 1.13. The van der Waals surface area contributed by atoms with Crippen LogP contribution in [-0.2, 0) is 0 Å². The highest BCUT2D eigenvalue weighted by atomic mass is 35.5. The lowest BCUT2D eigenvalue weighted by atomic mass is 10.2. The average molecular weight is 199 g/mol. The lowest BCUT2D eigenvalue weighted by Crippen LogP contribution is -1.83. The van der Waals surface area contributed by atoms with Crippen molar-refractivity contribution < 1.29 is 8.91 Å². The summed E-state index contributed by atoms with van der Waals surface area (Å²) < 4.78 is 17.8. The van der Waals surface area contributed by atoms with Crippen molar-refractivity contribution in [2.24, 2.45) is 0 Å². The number of aromatic nitrogens is 2. The van der Waals surface area contributed by atoms with Crippen LogP contribution >= 0.6 is 11.6 Å². The molecule has 0 aliphatic heterocycles. The molecule has 1 heterocycles. The molecular weight excluding hydrogens is 195 g/mol. The van der Waals surface area contributed by atoms with Gasteiger partial charge in [0.15, 0.2) is 6.33 Å². The van der Waals surface area contributed by atoms with Crippen molar-refractivity contribution in [1.82, 2.24) is 10.1 Å². The van der Waals surface area contributed by atoms with Crippen molar-refractivity contribution in [3.8, 4) is 11.5 Å². The Labute approximate surface area is 78.1 Å². The van der Waals surface area contributed by atoms with Crippen molar-refractivity contribution >= 4 is 11.6 Å². The number of hydrogen-bond acceptors (Lipinski definition) is 3. The maximum absolute atomic E-state index is 13.1. The summed E-state index contributed by atoms with van der Waals surface area (Å²) in [4.78, 5) is 3.71. The van der Waals surface area contributed by atoms with Gasteiger partial charge in [-0.1, -0.05) is 16.8 Å². The first kappa shape index (κ1) is 8.19. The summed E-state index contributed by atoms with van der Waals surface area (Å²) in [7, 11) is 0. The maximum Gasteiger partial charge on any atom is 0.260 e. The van der Waals surface area contributed by atoms with Crippen LogP contribution in [0, 0.1) is 5.82 Å². The minimum atomic E-state index is -0.436. The fraction of sp³-hybridized carbons (Fsp3) is 0. The summed E-state index contributed by atoms with van der Waals surface area (Å²) in [5.41, 5.74) is 0.213. The molecule has 0 fully saturated rings. The van der Waals surface area contributed by atoms with Gasteiger partial charge >= 0.3 is 0 Å². The van der Waals surface area contributed by atoms with E-state index in [2.05, 4.69) is 10.1 Å². The van der Waals surface area contributed by atoms with Gasteiger partial charge in [-0.05, 0) is 18.2 Å². The average Bonchev–Trinajstić information content (AvgIpc) is 2.61. The summed E-state index contributed by atoms with van der Waals surface area (Å²) in [6.45, 7) is 0. The second-order valence-corrected chi connectivity index (χ2v) is 2.81. The molecule has 0 unspecified atom stereocenters. The molecule has 13 heavy (non-hydrogen) atoms. The van der Waals surface area contributed by atoms with Crippen molar-refractivity contribution in [2.45, 2.75) is 0 Å². The molecular formula is C8H4ClFN2O. The molecule has 1 aromatic heterocycles. The van der Waals surface area contributed by atoms with Crippen LogP contribution in [0.4, 0.5) is 4.39 Å². The Balaban J connectivity index is 2.57. The highest BCUT2D eigenvalue weighted by molar-refractivity contribution is 6.30. The molecule has 0 spiro atoms. The first-order valence-electron chi connectivity index (χ1n) is 3.49. The molecule has 2 rings (SSSR count). The van der Waals surface area contributed by atoms with Gasteiger partial charge in [0.25, 0.3) is 5.89 Å². The second-order valence-electron chi connectivity index (χ2n) is 2.37. The highest BCUT2D eigenvalue weighted by Gasteiger charge is 2.10. The third kappa shape index (κ3) is 1.53. The van der Waals surface area contributed by atoms with Gasteiger partial charge in [-0.3, -0.25) is 0 Å². The maximum atomic E-state index is 13.1. The molecule has 0 aliphatic rings. The number of halogens is 2. The van der Waals surface area contributed by atoms with Crippen LogP contribution in [0.2, 0.25) is 5.02 Å². The smallest absolute Gasteiger partial charge is 0.260 e. The largest absolute Gasteiger partial charge is 0.334 e. The van der Waals surface area contributed by atoms with Crippen molar-refractivity contribution in [1.29, 1.82) is 0 Å². The van der Waals surface area contributed by atoms with E-state index in [9.17, 15) is 4.39 Å². The molecule has 0 aliphatic carbocycles. The van der Waals surface area contributed by atoms with Crippen molar-refractivity contribution in [3.05, 3.63) is 35.4 Å². The van der Waals surface area contributed by atoms with Crippen LogP contribution in [-0.4, -0.2) is 10.1 Å². The van der Waals surface area contributed by atoms with Gasteiger partial charge in [0.1, 0.15) is 5.82 Å². The van der Waals surface area contributed by atoms with Gasteiger partial charge in [0.2, 0.25) is 0 Å². The van der Waals surface area contributed by atoms with Crippen molar-refractivity contribution in [2.75, 3.05) is 0 Å². The van der Waals surface area contributed by atoms with E-state index >= 15 is 0 Å². The predicted molar refractivity (Wildman–Crippen MR) is 44.7 cm³/mol. The molecule has 0 bridgehead atoms. The monoisotopic (exact) mass is 198 g/mol. The number of nitrogens with zero attached hydrogens (tertiary/aromatic N) is 2. The molecule has 1 aromatic carbocycles. The van der Waals surface area contributed by atoms with Crippen LogP contribution in [0.5, 0.6) is 0 Å². The lowest BCUT2D eigenvalue weighted by Gasteiger charge is -1.96. The fourth-order valence-electron chi connectivity index (χ4n) is 0.953. The number of rotatable bonds is 1. The Bertz CT molecular complexity index is 416. The zero-order chi connectivity index (χ0) is 9.26. The standard InChI is InChI=1S/C8H4ClFN2O/c9-5-1-2-7(10)6(3-5)8-11-4-12-13-8/h1-4H. The van der Waals surface area contributed by atoms with Crippen molar-refractivity contribution in [3.63, 3.8) is 0 Å². The molecule has 0 atom stereocenters. The minimum Gasteiger partial charge on any atom is -0.334 e. The first-order valence-corrected chi connectivity index (χ1v) is 3.87. The van der Waals surface area contributed by atoms with Crippen LogP contribution in [0.1, 0.15) is 0 Å². The summed E-state index contributed by atoms with van der Waals surface area (Å²) >= 11 is 5.68. The molecule has 0 amide bonds. The molecule has 0 saturated heterocycles.